The second kappa shape index (κ2) is 6.55. The predicted molar refractivity (Wildman–Crippen MR) is 78.3 cm³/mol. The van der Waals surface area contributed by atoms with Crippen molar-refractivity contribution in [1.82, 2.24) is 10.2 Å². The van der Waals surface area contributed by atoms with Crippen LogP contribution in [0.4, 0.5) is 0 Å². The van der Waals surface area contributed by atoms with Crippen molar-refractivity contribution in [1.29, 1.82) is 0 Å². The molecule has 2 nitrogen and oxygen atoms in total. The van der Waals surface area contributed by atoms with Gasteiger partial charge in [-0.3, -0.25) is 0 Å². The van der Waals surface area contributed by atoms with Gasteiger partial charge in [-0.15, -0.1) is 0 Å². The van der Waals surface area contributed by atoms with Crippen LogP contribution in [0.25, 0.3) is 0 Å². The maximum Gasteiger partial charge on any atom is 0.0438 e. The Morgan fingerprint density at radius 3 is 2.67 bits per heavy atom. The highest BCUT2D eigenvalue weighted by Gasteiger charge is 2.18. The summed E-state index contributed by atoms with van der Waals surface area (Å²) in [6.07, 6.45) is 3.51. The van der Waals surface area contributed by atoms with Gasteiger partial charge < -0.3 is 10.2 Å². The van der Waals surface area contributed by atoms with Crippen molar-refractivity contribution >= 4 is 11.6 Å². The van der Waals surface area contributed by atoms with Crippen LogP contribution in [0.5, 0.6) is 0 Å². The minimum Gasteiger partial charge on any atom is -0.311 e. The Kier molecular flexibility index (Phi) is 5.04. The number of nitrogens with one attached hydrogen (secondary N) is 1. The molecule has 1 N–H and O–H groups in total. The lowest BCUT2D eigenvalue weighted by Crippen LogP contribution is -2.44. The molecule has 0 bridgehead atoms. The molecular weight excluding hydrogens is 244 g/mol. The zero-order valence-corrected chi connectivity index (χ0v) is 12.1. The van der Waals surface area contributed by atoms with Crippen LogP contribution in [0, 0.1) is 0 Å². The standard InChI is InChI=1S/C15H23ClN2/c1-12(11-13-5-3-4-6-15(13)16)17-14-7-9-18(2)10-8-14/h3-6,12,14,17H,7-11H2,1-2H3. The summed E-state index contributed by atoms with van der Waals surface area (Å²) in [6, 6.07) is 9.29. The summed E-state index contributed by atoms with van der Waals surface area (Å²) < 4.78 is 0. The van der Waals surface area contributed by atoms with E-state index in [9.17, 15) is 0 Å². The van der Waals surface area contributed by atoms with E-state index < -0.39 is 0 Å². The Labute approximate surface area is 115 Å². The summed E-state index contributed by atoms with van der Waals surface area (Å²) in [6.45, 7) is 4.66. The highest BCUT2D eigenvalue weighted by Crippen LogP contribution is 2.17. The molecule has 1 unspecified atom stereocenters. The van der Waals surface area contributed by atoms with Gasteiger partial charge in [0.1, 0.15) is 0 Å². The number of benzene rings is 1. The molecule has 1 heterocycles. The van der Waals surface area contributed by atoms with Crippen LogP contribution in [0.1, 0.15) is 25.3 Å². The summed E-state index contributed by atoms with van der Waals surface area (Å²) >= 11 is 6.20. The van der Waals surface area contributed by atoms with E-state index >= 15 is 0 Å². The van der Waals surface area contributed by atoms with Crippen LogP contribution in [0.15, 0.2) is 24.3 Å². The van der Waals surface area contributed by atoms with Gasteiger partial charge in [-0.2, -0.15) is 0 Å². The Morgan fingerprint density at radius 1 is 1.33 bits per heavy atom. The third-order valence-electron chi connectivity index (χ3n) is 3.72. The summed E-state index contributed by atoms with van der Waals surface area (Å²) in [5, 5.41) is 4.61. The number of hydrogen-bond acceptors (Lipinski definition) is 2. The molecule has 1 aliphatic heterocycles. The van der Waals surface area contributed by atoms with Gasteiger partial charge in [-0.25, -0.2) is 0 Å². The molecule has 0 spiro atoms. The molecule has 1 saturated heterocycles. The topological polar surface area (TPSA) is 15.3 Å². The number of halogens is 1. The fraction of sp³-hybridized carbons (Fsp3) is 0.600. The van der Waals surface area contributed by atoms with Gasteiger partial charge in [-0.05, 0) is 58.0 Å². The quantitative estimate of drug-likeness (QED) is 0.902. The monoisotopic (exact) mass is 266 g/mol. The highest BCUT2D eigenvalue weighted by molar-refractivity contribution is 6.31. The summed E-state index contributed by atoms with van der Waals surface area (Å²) in [4.78, 5) is 2.40. The second-order valence-electron chi connectivity index (χ2n) is 5.44. The van der Waals surface area contributed by atoms with E-state index in [-0.39, 0.29) is 0 Å². The smallest absolute Gasteiger partial charge is 0.0438 e. The normalized spacial score (nSPS) is 19.9. The van der Waals surface area contributed by atoms with E-state index in [1.807, 2.05) is 12.1 Å². The average Bonchev–Trinajstić information content (AvgIpc) is 2.35. The van der Waals surface area contributed by atoms with E-state index in [0.29, 0.717) is 12.1 Å². The first kappa shape index (κ1) is 13.9. The Balaban J connectivity index is 1.82. The molecule has 0 aliphatic carbocycles. The first-order valence-electron chi connectivity index (χ1n) is 6.83. The van der Waals surface area contributed by atoms with Crippen LogP contribution in [0.2, 0.25) is 5.02 Å². The lowest BCUT2D eigenvalue weighted by Gasteiger charge is -2.31. The van der Waals surface area contributed by atoms with Gasteiger partial charge in [-0.1, -0.05) is 29.8 Å². The maximum atomic E-state index is 6.20. The zero-order chi connectivity index (χ0) is 13.0. The van der Waals surface area contributed by atoms with Crippen LogP contribution < -0.4 is 5.32 Å². The van der Waals surface area contributed by atoms with Crippen molar-refractivity contribution in [2.75, 3.05) is 20.1 Å². The second-order valence-corrected chi connectivity index (χ2v) is 5.85. The van der Waals surface area contributed by atoms with Gasteiger partial charge in [0.05, 0.1) is 0 Å². The van der Waals surface area contributed by atoms with Crippen molar-refractivity contribution in [3.8, 4) is 0 Å². The summed E-state index contributed by atoms with van der Waals surface area (Å²) in [5.74, 6) is 0. The third kappa shape index (κ3) is 3.98. The molecular formula is C15H23ClN2. The zero-order valence-electron chi connectivity index (χ0n) is 11.3. The SMILES string of the molecule is CC(Cc1ccccc1Cl)NC1CCN(C)CC1. The average molecular weight is 267 g/mol. The molecule has 3 heteroatoms. The fourth-order valence-electron chi connectivity index (χ4n) is 2.63. The largest absolute Gasteiger partial charge is 0.311 e. The van der Waals surface area contributed by atoms with Crippen LogP contribution in [0.3, 0.4) is 0 Å². The van der Waals surface area contributed by atoms with Crippen molar-refractivity contribution in [3.63, 3.8) is 0 Å². The molecule has 2 rings (SSSR count). The molecule has 0 saturated carbocycles. The van der Waals surface area contributed by atoms with Gasteiger partial charge in [0, 0.05) is 17.1 Å². The predicted octanol–water partition coefficient (Wildman–Crippen LogP) is 2.95. The number of nitrogens with zero attached hydrogens (tertiary/aromatic N) is 1. The lowest BCUT2D eigenvalue weighted by molar-refractivity contribution is 0.226. The van der Waals surface area contributed by atoms with Gasteiger partial charge >= 0.3 is 0 Å². The third-order valence-corrected chi connectivity index (χ3v) is 4.09. The van der Waals surface area contributed by atoms with E-state index in [2.05, 4.69) is 36.3 Å². The molecule has 0 aromatic heterocycles. The summed E-state index contributed by atoms with van der Waals surface area (Å²) in [5.41, 5.74) is 1.24. The first-order valence-corrected chi connectivity index (χ1v) is 7.21. The molecule has 100 valence electrons. The summed E-state index contributed by atoms with van der Waals surface area (Å²) in [7, 11) is 2.20. The molecule has 1 fully saturated rings. The molecule has 1 aromatic rings. The maximum absolute atomic E-state index is 6.20. The molecule has 1 aromatic carbocycles. The molecule has 0 amide bonds. The molecule has 18 heavy (non-hydrogen) atoms. The van der Waals surface area contributed by atoms with Gasteiger partial charge in [0.15, 0.2) is 0 Å². The van der Waals surface area contributed by atoms with E-state index in [0.717, 1.165) is 11.4 Å². The fourth-order valence-corrected chi connectivity index (χ4v) is 2.84. The first-order chi connectivity index (χ1) is 8.65. The molecule has 1 atom stereocenters. The Hall–Kier alpha value is -0.570. The Bertz CT molecular complexity index is 373. The highest BCUT2D eigenvalue weighted by atomic mass is 35.5. The number of rotatable bonds is 4. The minimum atomic E-state index is 0.485. The van der Waals surface area contributed by atoms with Crippen LogP contribution in [-0.2, 0) is 6.42 Å². The number of hydrogen-bond donors (Lipinski definition) is 1. The lowest BCUT2D eigenvalue weighted by atomic mass is 10.0. The van der Waals surface area contributed by atoms with E-state index in [1.54, 1.807) is 0 Å². The van der Waals surface area contributed by atoms with E-state index in [4.69, 9.17) is 11.6 Å². The minimum absolute atomic E-state index is 0.485. The number of likely N-dealkylation sites (tertiary alicyclic amines) is 1. The molecule has 0 radical (unpaired) electrons. The van der Waals surface area contributed by atoms with Gasteiger partial charge in [0.25, 0.3) is 0 Å². The van der Waals surface area contributed by atoms with Gasteiger partial charge in [0.2, 0.25) is 0 Å². The van der Waals surface area contributed by atoms with Crippen molar-refractivity contribution in [2.45, 2.75) is 38.3 Å². The molecule has 1 aliphatic rings. The Morgan fingerprint density at radius 2 is 2.00 bits per heavy atom. The number of piperidine rings is 1. The van der Waals surface area contributed by atoms with Crippen molar-refractivity contribution in [3.05, 3.63) is 34.9 Å². The van der Waals surface area contributed by atoms with Crippen LogP contribution >= 0.6 is 11.6 Å². The van der Waals surface area contributed by atoms with Crippen molar-refractivity contribution < 1.29 is 0 Å². The van der Waals surface area contributed by atoms with Crippen molar-refractivity contribution in [2.24, 2.45) is 0 Å². The van der Waals surface area contributed by atoms with E-state index in [1.165, 1.54) is 31.5 Å². The van der Waals surface area contributed by atoms with Crippen LogP contribution in [-0.4, -0.2) is 37.1 Å².